The molecule has 4 heterocycles. The van der Waals surface area contributed by atoms with Gasteiger partial charge in [0, 0.05) is 39.1 Å². The van der Waals surface area contributed by atoms with Gasteiger partial charge in [0.15, 0.2) is 5.84 Å². The van der Waals surface area contributed by atoms with E-state index in [9.17, 15) is 5.26 Å². The van der Waals surface area contributed by atoms with Crippen LogP contribution in [0.1, 0.15) is 25.0 Å². The predicted molar refractivity (Wildman–Crippen MR) is 122 cm³/mol. The largest absolute Gasteiger partial charge is 0.368 e. The standard InChI is InChI=1S/C22H29N7OS/c1-27-9-11-29(12-10-27)18-8-4-6-16(25-18)21-26-30-22(28(21)2)14-5-3-7-17-19(14)15(13-23)20(24)31-17/h4,6,8,14-15,20,22H,3,5,7,9-12,24H2,1-2H3. The minimum absolute atomic E-state index is 0.126. The zero-order valence-corrected chi connectivity index (χ0v) is 18.9. The molecule has 0 amide bonds. The number of aromatic nitrogens is 1. The van der Waals surface area contributed by atoms with E-state index in [1.54, 1.807) is 11.8 Å². The molecule has 2 N–H and O–H groups in total. The number of hydrogen-bond donors (Lipinski definition) is 1. The number of nitrogens with zero attached hydrogens (tertiary/aromatic N) is 6. The van der Waals surface area contributed by atoms with E-state index in [4.69, 9.17) is 15.6 Å². The lowest BCUT2D eigenvalue weighted by Crippen LogP contribution is -2.45. The summed E-state index contributed by atoms with van der Waals surface area (Å²) in [5.41, 5.74) is 8.26. The van der Waals surface area contributed by atoms with Gasteiger partial charge in [-0.2, -0.15) is 5.26 Å². The first-order valence-corrected chi connectivity index (χ1v) is 11.9. The van der Waals surface area contributed by atoms with Crippen molar-refractivity contribution in [2.75, 3.05) is 45.2 Å². The van der Waals surface area contributed by atoms with Gasteiger partial charge in [-0.15, -0.1) is 11.8 Å². The van der Waals surface area contributed by atoms with Gasteiger partial charge in [0.1, 0.15) is 11.5 Å². The quantitative estimate of drug-likeness (QED) is 0.764. The Hall–Kier alpha value is -2.28. The number of anilines is 1. The van der Waals surface area contributed by atoms with Crippen LogP contribution in [0.4, 0.5) is 5.82 Å². The monoisotopic (exact) mass is 439 g/mol. The average Bonchev–Trinajstić information content (AvgIpc) is 3.33. The molecule has 1 aliphatic carbocycles. The molecule has 4 unspecified atom stereocenters. The summed E-state index contributed by atoms with van der Waals surface area (Å²) in [6, 6.07) is 8.53. The smallest absolute Gasteiger partial charge is 0.207 e. The molecule has 164 valence electrons. The van der Waals surface area contributed by atoms with E-state index in [0.717, 1.165) is 62.8 Å². The molecule has 1 aromatic heterocycles. The minimum Gasteiger partial charge on any atom is -0.368 e. The Morgan fingerprint density at radius 3 is 2.81 bits per heavy atom. The van der Waals surface area contributed by atoms with E-state index >= 15 is 0 Å². The minimum atomic E-state index is -0.245. The summed E-state index contributed by atoms with van der Waals surface area (Å²) in [6.45, 7) is 4.02. The van der Waals surface area contributed by atoms with E-state index in [0.29, 0.717) is 0 Å². The topological polar surface area (TPSA) is 94.0 Å². The molecule has 8 nitrogen and oxygen atoms in total. The van der Waals surface area contributed by atoms with Gasteiger partial charge < -0.3 is 25.3 Å². The maximum atomic E-state index is 9.72. The molecule has 0 saturated carbocycles. The van der Waals surface area contributed by atoms with Gasteiger partial charge in [0.25, 0.3) is 0 Å². The van der Waals surface area contributed by atoms with Crippen molar-refractivity contribution in [1.29, 1.82) is 5.26 Å². The summed E-state index contributed by atoms with van der Waals surface area (Å²) in [7, 11) is 4.17. The summed E-state index contributed by atoms with van der Waals surface area (Å²) in [4.78, 5) is 18.9. The third-order valence-electron chi connectivity index (χ3n) is 6.82. The van der Waals surface area contributed by atoms with Gasteiger partial charge in [-0.05, 0) is 48.9 Å². The van der Waals surface area contributed by atoms with Crippen LogP contribution in [0.15, 0.2) is 33.8 Å². The fraction of sp³-hybridized carbons (Fsp3) is 0.591. The number of likely N-dealkylation sites (N-methyl/N-ethyl adjacent to an activating group) is 1. The third-order valence-corrected chi connectivity index (χ3v) is 8.09. The highest BCUT2D eigenvalue weighted by molar-refractivity contribution is 8.03. The molecular formula is C22H29N7OS. The molecule has 1 aromatic rings. The molecule has 1 fully saturated rings. The molecule has 4 aliphatic rings. The highest BCUT2D eigenvalue weighted by Crippen LogP contribution is 2.51. The number of nitrogens with two attached hydrogens (primary N) is 1. The number of thioether (sulfide) groups is 1. The normalized spacial score (nSPS) is 31.4. The second-order valence-electron chi connectivity index (χ2n) is 8.76. The number of amidine groups is 1. The van der Waals surface area contributed by atoms with Gasteiger partial charge in [0.2, 0.25) is 6.23 Å². The van der Waals surface area contributed by atoms with Crippen LogP contribution >= 0.6 is 11.8 Å². The Bertz CT molecular complexity index is 949. The Balaban J connectivity index is 1.36. The Morgan fingerprint density at radius 1 is 1.23 bits per heavy atom. The van der Waals surface area contributed by atoms with Gasteiger partial charge in [-0.1, -0.05) is 11.2 Å². The maximum Gasteiger partial charge on any atom is 0.207 e. The first kappa shape index (κ1) is 20.6. The Labute approximate surface area is 187 Å². The number of piperazine rings is 1. The zero-order chi connectivity index (χ0) is 21.5. The molecule has 0 spiro atoms. The Morgan fingerprint density at radius 2 is 2.03 bits per heavy atom. The number of nitriles is 1. The molecule has 4 atom stereocenters. The molecule has 0 radical (unpaired) electrons. The van der Waals surface area contributed by atoms with Gasteiger partial charge in [-0.3, -0.25) is 0 Å². The second-order valence-corrected chi connectivity index (χ2v) is 10.0. The third kappa shape index (κ3) is 3.67. The predicted octanol–water partition coefficient (Wildman–Crippen LogP) is 2.01. The van der Waals surface area contributed by atoms with Crippen molar-refractivity contribution in [3.63, 3.8) is 0 Å². The van der Waals surface area contributed by atoms with Crippen LogP contribution in [0, 0.1) is 23.2 Å². The first-order chi connectivity index (χ1) is 15.1. The average molecular weight is 440 g/mol. The number of oxime groups is 1. The molecule has 31 heavy (non-hydrogen) atoms. The van der Waals surface area contributed by atoms with E-state index < -0.39 is 0 Å². The van der Waals surface area contributed by atoms with E-state index in [2.05, 4.69) is 39.0 Å². The summed E-state index contributed by atoms with van der Waals surface area (Å²) < 4.78 is 0. The molecule has 9 heteroatoms. The van der Waals surface area contributed by atoms with Gasteiger partial charge in [-0.25, -0.2) is 4.98 Å². The van der Waals surface area contributed by atoms with E-state index in [-0.39, 0.29) is 23.4 Å². The number of allylic oxidation sites excluding steroid dienone is 1. The van der Waals surface area contributed by atoms with Crippen molar-refractivity contribution < 1.29 is 4.84 Å². The van der Waals surface area contributed by atoms with Gasteiger partial charge in [0.05, 0.1) is 17.4 Å². The van der Waals surface area contributed by atoms with Crippen LogP contribution in [0.25, 0.3) is 0 Å². The van der Waals surface area contributed by atoms with Crippen LogP contribution in [-0.2, 0) is 4.84 Å². The fourth-order valence-corrected chi connectivity index (χ4v) is 6.41. The highest BCUT2D eigenvalue weighted by atomic mass is 32.2. The van der Waals surface area contributed by atoms with Crippen LogP contribution in [-0.4, -0.2) is 72.5 Å². The lowest BCUT2D eigenvalue weighted by molar-refractivity contribution is -0.0186. The highest BCUT2D eigenvalue weighted by Gasteiger charge is 2.46. The number of pyridine rings is 1. The van der Waals surface area contributed by atoms with E-state index in [1.165, 1.54) is 10.5 Å². The van der Waals surface area contributed by atoms with Crippen LogP contribution < -0.4 is 10.6 Å². The van der Waals surface area contributed by atoms with Crippen molar-refractivity contribution in [3.05, 3.63) is 34.4 Å². The molecule has 3 aliphatic heterocycles. The summed E-state index contributed by atoms with van der Waals surface area (Å²) in [5.74, 6) is 1.61. The number of hydrogen-bond acceptors (Lipinski definition) is 9. The van der Waals surface area contributed by atoms with Crippen molar-refractivity contribution in [1.82, 2.24) is 14.8 Å². The fourth-order valence-electron chi connectivity index (χ4n) is 5.06. The van der Waals surface area contributed by atoms with Crippen molar-refractivity contribution in [2.45, 2.75) is 30.9 Å². The lowest BCUT2D eigenvalue weighted by Gasteiger charge is -2.34. The molecule has 5 rings (SSSR count). The SMILES string of the molecule is CN1CCN(c2cccc(C3=NOC(C4CCCC5=C4C(C#N)C(N)S5)N3C)n2)CC1. The summed E-state index contributed by atoms with van der Waals surface area (Å²) in [5, 5.41) is 14.0. The molecular weight excluding hydrogens is 410 g/mol. The zero-order valence-electron chi connectivity index (χ0n) is 18.1. The molecule has 1 saturated heterocycles. The van der Waals surface area contributed by atoms with Crippen molar-refractivity contribution in [3.8, 4) is 6.07 Å². The maximum absolute atomic E-state index is 9.72. The van der Waals surface area contributed by atoms with E-state index in [1.807, 2.05) is 19.2 Å². The summed E-state index contributed by atoms with van der Waals surface area (Å²) >= 11 is 1.66. The van der Waals surface area contributed by atoms with Gasteiger partial charge >= 0.3 is 0 Å². The van der Waals surface area contributed by atoms with Crippen molar-refractivity contribution >= 4 is 23.4 Å². The first-order valence-electron chi connectivity index (χ1n) is 11.0. The van der Waals surface area contributed by atoms with Crippen molar-refractivity contribution in [2.24, 2.45) is 22.7 Å². The van der Waals surface area contributed by atoms with Crippen LogP contribution in [0.3, 0.4) is 0 Å². The molecule has 0 bridgehead atoms. The number of rotatable bonds is 3. The van der Waals surface area contributed by atoms with Crippen LogP contribution in [0.5, 0.6) is 0 Å². The lowest BCUT2D eigenvalue weighted by atomic mass is 9.79. The molecule has 0 aromatic carbocycles. The second kappa shape index (κ2) is 8.34. The van der Waals surface area contributed by atoms with Crippen LogP contribution in [0.2, 0.25) is 0 Å². The summed E-state index contributed by atoms with van der Waals surface area (Å²) in [6.07, 6.45) is 2.86. The Kier molecular flexibility index (Phi) is 5.54.